The Bertz CT molecular complexity index is 1530. The number of fused-ring (bicyclic) bond motifs is 1. The number of aromatic amines is 1. The summed E-state index contributed by atoms with van der Waals surface area (Å²) in [5, 5.41) is 6.81. The molecule has 0 aliphatic carbocycles. The van der Waals surface area contributed by atoms with E-state index in [2.05, 4.69) is 31.6 Å². The molecule has 3 N–H and O–H groups in total. The number of nitrogens with zero attached hydrogens (tertiary/aromatic N) is 3. The number of amides is 4. The zero-order valence-electron chi connectivity index (χ0n) is 23.0. The van der Waals surface area contributed by atoms with Crippen LogP contribution in [0.3, 0.4) is 0 Å². The number of nitrogens with one attached hydrogen (secondary N) is 3. The van der Waals surface area contributed by atoms with Crippen LogP contribution in [-0.2, 0) is 29.7 Å². The van der Waals surface area contributed by atoms with E-state index >= 15 is 0 Å². The maximum absolute atomic E-state index is 13.3. The van der Waals surface area contributed by atoms with Gasteiger partial charge in [0.2, 0.25) is 0 Å². The van der Waals surface area contributed by atoms with E-state index in [1.54, 1.807) is 13.1 Å². The normalized spacial score (nSPS) is 17.1. The number of aromatic nitrogens is 2. The van der Waals surface area contributed by atoms with E-state index in [1.165, 1.54) is 4.90 Å². The van der Waals surface area contributed by atoms with Crippen LogP contribution in [0.25, 0.3) is 10.9 Å². The van der Waals surface area contributed by atoms with Crippen molar-refractivity contribution >= 4 is 28.7 Å². The van der Waals surface area contributed by atoms with Crippen LogP contribution in [0.15, 0.2) is 72.9 Å². The molecular formula is C31H34N6O3. The van der Waals surface area contributed by atoms with E-state index in [0.717, 1.165) is 39.8 Å². The lowest BCUT2D eigenvalue weighted by atomic mass is 9.92. The smallest absolute Gasteiger partial charge is 0.325 e. The molecule has 0 bridgehead atoms. The van der Waals surface area contributed by atoms with Gasteiger partial charge in [0.05, 0.1) is 12.2 Å². The molecule has 0 spiro atoms. The predicted octanol–water partition coefficient (Wildman–Crippen LogP) is 3.61. The highest BCUT2D eigenvalue weighted by Gasteiger charge is 2.48. The first kappa shape index (κ1) is 27.1. The molecule has 0 radical (unpaired) electrons. The van der Waals surface area contributed by atoms with E-state index in [9.17, 15) is 14.4 Å². The first-order valence-corrected chi connectivity index (χ1v) is 13.4. The van der Waals surface area contributed by atoms with Crippen molar-refractivity contribution in [2.24, 2.45) is 0 Å². The summed E-state index contributed by atoms with van der Waals surface area (Å²) >= 11 is 0. The largest absolute Gasteiger partial charge is 0.350 e. The van der Waals surface area contributed by atoms with Gasteiger partial charge in [-0.1, -0.05) is 42.5 Å². The third-order valence-electron chi connectivity index (χ3n) is 7.41. The lowest BCUT2D eigenvalue weighted by Crippen LogP contribution is -2.41. The highest BCUT2D eigenvalue weighted by Crippen LogP contribution is 2.29. The van der Waals surface area contributed by atoms with Gasteiger partial charge < -0.3 is 20.5 Å². The van der Waals surface area contributed by atoms with Crippen molar-refractivity contribution < 1.29 is 14.4 Å². The molecule has 4 aromatic rings. The highest BCUT2D eigenvalue weighted by molar-refractivity contribution is 6.07. The molecule has 1 atom stereocenters. The van der Waals surface area contributed by atoms with E-state index in [4.69, 9.17) is 0 Å². The number of imide groups is 1. The van der Waals surface area contributed by atoms with E-state index in [-0.39, 0.29) is 18.4 Å². The quantitative estimate of drug-likeness (QED) is 0.267. The first-order chi connectivity index (χ1) is 19.3. The molecule has 40 heavy (non-hydrogen) atoms. The second kappa shape index (κ2) is 11.3. The zero-order chi connectivity index (χ0) is 28.3. The maximum atomic E-state index is 13.3. The molecule has 9 heteroatoms. The van der Waals surface area contributed by atoms with Gasteiger partial charge in [0.25, 0.3) is 11.8 Å². The summed E-state index contributed by atoms with van der Waals surface area (Å²) in [6, 6.07) is 20.5. The zero-order valence-corrected chi connectivity index (χ0v) is 23.0. The molecule has 5 rings (SSSR count). The number of hydrogen-bond donors (Lipinski definition) is 3. The van der Waals surface area contributed by atoms with Gasteiger partial charge in [0, 0.05) is 30.2 Å². The highest BCUT2D eigenvalue weighted by atomic mass is 16.2. The second-order valence-corrected chi connectivity index (χ2v) is 10.5. The molecular weight excluding hydrogens is 504 g/mol. The fraction of sp³-hybridized carbons (Fsp3) is 0.290. The minimum absolute atomic E-state index is 0.184. The van der Waals surface area contributed by atoms with Crippen LogP contribution in [0.5, 0.6) is 0 Å². The summed E-state index contributed by atoms with van der Waals surface area (Å²) in [5.74, 6) is -0.443. The molecule has 2 aromatic carbocycles. The average molecular weight is 539 g/mol. The van der Waals surface area contributed by atoms with Gasteiger partial charge >= 0.3 is 6.03 Å². The van der Waals surface area contributed by atoms with Crippen molar-refractivity contribution in [2.75, 3.05) is 27.2 Å². The number of carbonyl (C=O) groups excluding carboxylic acids is 3. The predicted molar refractivity (Wildman–Crippen MR) is 154 cm³/mol. The third-order valence-corrected chi connectivity index (χ3v) is 7.41. The number of rotatable bonds is 10. The van der Waals surface area contributed by atoms with Gasteiger partial charge in [-0.3, -0.25) is 19.5 Å². The number of H-pyrrole nitrogens is 1. The Hall–Kier alpha value is -4.50. The Morgan fingerprint density at radius 2 is 1.80 bits per heavy atom. The monoisotopic (exact) mass is 538 g/mol. The van der Waals surface area contributed by atoms with Crippen LogP contribution >= 0.6 is 0 Å². The Kier molecular flexibility index (Phi) is 7.66. The van der Waals surface area contributed by atoms with Gasteiger partial charge in [-0.2, -0.15) is 0 Å². The van der Waals surface area contributed by atoms with E-state index in [1.807, 2.05) is 74.8 Å². The minimum atomic E-state index is -1.08. The summed E-state index contributed by atoms with van der Waals surface area (Å²) in [5.41, 5.74) is 3.78. The number of benzene rings is 2. The second-order valence-electron chi connectivity index (χ2n) is 10.5. The first-order valence-electron chi connectivity index (χ1n) is 13.4. The van der Waals surface area contributed by atoms with Crippen molar-refractivity contribution in [3.05, 3.63) is 101 Å². The molecule has 9 nitrogen and oxygen atoms in total. The van der Waals surface area contributed by atoms with Crippen LogP contribution in [0, 0.1) is 0 Å². The summed E-state index contributed by atoms with van der Waals surface area (Å²) < 4.78 is 0. The number of likely N-dealkylation sites (N-methyl/N-ethyl adjacent to an activating group) is 1. The van der Waals surface area contributed by atoms with Crippen LogP contribution in [0.4, 0.5) is 4.79 Å². The SMILES string of the molecule is CN(C)CCc1c(C(=O)NCc2ccccn2)[nH]c2ccc(CCN3C(=O)NC(C)(c4ccccc4)C3=O)cc12. The number of hydrogen-bond acceptors (Lipinski definition) is 5. The Balaban J connectivity index is 1.35. The summed E-state index contributed by atoms with van der Waals surface area (Å²) in [6.45, 7) is 3.11. The van der Waals surface area contributed by atoms with Crippen molar-refractivity contribution in [2.45, 2.75) is 31.8 Å². The van der Waals surface area contributed by atoms with Crippen LogP contribution in [0.2, 0.25) is 0 Å². The van der Waals surface area contributed by atoms with Crippen LogP contribution < -0.4 is 10.6 Å². The van der Waals surface area contributed by atoms with Crippen molar-refractivity contribution in [3.8, 4) is 0 Å². The number of carbonyl (C=O) groups is 3. The van der Waals surface area contributed by atoms with Crippen molar-refractivity contribution in [1.82, 2.24) is 30.4 Å². The van der Waals surface area contributed by atoms with Crippen molar-refractivity contribution in [3.63, 3.8) is 0 Å². The summed E-state index contributed by atoms with van der Waals surface area (Å²) in [4.78, 5) is 50.3. The molecule has 1 unspecified atom stereocenters. The molecule has 2 aromatic heterocycles. The molecule has 4 amide bonds. The minimum Gasteiger partial charge on any atom is -0.350 e. The van der Waals surface area contributed by atoms with Gasteiger partial charge in [-0.05, 0) is 74.8 Å². The molecule has 1 aliphatic heterocycles. The summed E-state index contributed by atoms with van der Waals surface area (Å²) in [7, 11) is 4.00. The van der Waals surface area contributed by atoms with E-state index < -0.39 is 11.6 Å². The molecule has 0 saturated carbocycles. The Morgan fingerprint density at radius 1 is 1.02 bits per heavy atom. The van der Waals surface area contributed by atoms with Gasteiger partial charge in [0.1, 0.15) is 11.2 Å². The molecule has 206 valence electrons. The van der Waals surface area contributed by atoms with Crippen molar-refractivity contribution in [1.29, 1.82) is 0 Å². The molecule has 1 saturated heterocycles. The fourth-order valence-electron chi connectivity index (χ4n) is 5.11. The Labute approximate surface area is 233 Å². The Morgan fingerprint density at radius 3 is 2.52 bits per heavy atom. The van der Waals surface area contributed by atoms with E-state index in [0.29, 0.717) is 25.1 Å². The third kappa shape index (κ3) is 5.46. The van der Waals surface area contributed by atoms with Crippen LogP contribution in [0.1, 0.15) is 39.8 Å². The van der Waals surface area contributed by atoms with Gasteiger partial charge in [-0.25, -0.2) is 4.79 Å². The van der Waals surface area contributed by atoms with Crippen LogP contribution in [-0.4, -0.2) is 64.8 Å². The fourth-order valence-corrected chi connectivity index (χ4v) is 5.11. The molecule has 3 heterocycles. The maximum Gasteiger partial charge on any atom is 0.325 e. The number of pyridine rings is 1. The average Bonchev–Trinajstić information content (AvgIpc) is 3.43. The molecule has 1 aliphatic rings. The standard InChI is InChI=1S/C31H34N6O3/c1-31(22-9-5-4-6-10-22)29(39)37(30(40)35-31)18-14-21-12-13-26-25(19-21)24(15-17-36(2)3)27(34-26)28(38)33-20-23-11-7-8-16-32-23/h4-13,16,19,34H,14-15,17-18,20H2,1-3H3,(H,33,38)(H,35,40). The lowest BCUT2D eigenvalue weighted by Gasteiger charge is -2.22. The topological polar surface area (TPSA) is 110 Å². The molecule has 1 fully saturated rings. The van der Waals surface area contributed by atoms with Gasteiger partial charge in [-0.15, -0.1) is 0 Å². The lowest BCUT2D eigenvalue weighted by molar-refractivity contribution is -0.131. The number of urea groups is 1. The summed E-state index contributed by atoms with van der Waals surface area (Å²) in [6.07, 6.45) is 2.89. The van der Waals surface area contributed by atoms with Gasteiger partial charge in [0.15, 0.2) is 0 Å².